The highest BCUT2D eigenvalue weighted by Gasteiger charge is 2.40. The topological polar surface area (TPSA) is 29.9 Å². The van der Waals surface area contributed by atoms with E-state index in [0.717, 1.165) is 36.3 Å². The molecule has 1 fully saturated rings. The minimum Gasteiger partial charge on any atom is -0.327 e. The van der Waals surface area contributed by atoms with Gasteiger partial charge in [-0.05, 0) is 43.7 Å². The Kier molecular flexibility index (Phi) is 2.88. The summed E-state index contributed by atoms with van der Waals surface area (Å²) < 4.78 is 2.32. The van der Waals surface area contributed by atoms with E-state index in [-0.39, 0.29) is 0 Å². The molecule has 3 nitrogen and oxygen atoms in total. The average molecular weight is 267 g/mol. The molecule has 1 N–H and O–H groups in total. The summed E-state index contributed by atoms with van der Waals surface area (Å²) in [6, 6.07) is 9.10. The highest BCUT2D eigenvalue weighted by Crippen LogP contribution is 2.42. The first-order valence-electron chi connectivity index (χ1n) is 7.65. The van der Waals surface area contributed by atoms with Crippen LogP contribution in [0.2, 0.25) is 0 Å². The molecule has 1 heterocycles. The number of hydrogen-bond donors (Lipinski definition) is 1. The van der Waals surface area contributed by atoms with Crippen molar-refractivity contribution in [2.45, 2.75) is 32.4 Å². The highest BCUT2D eigenvalue weighted by atomic mass is 15.1. The summed E-state index contributed by atoms with van der Waals surface area (Å²) in [7, 11) is 0. The van der Waals surface area contributed by atoms with Gasteiger partial charge in [0, 0.05) is 19.1 Å². The predicted octanol–water partition coefficient (Wildman–Crippen LogP) is 2.90. The van der Waals surface area contributed by atoms with Gasteiger partial charge in [-0.3, -0.25) is 0 Å². The van der Waals surface area contributed by atoms with Crippen LogP contribution in [0.3, 0.4) is 0 Å². The van der Waals surface area contributed by atoms with E-state index in [0.29, 0.717) is 6.04 Å². The van der Waals surface area contributed by atoms with E-state index in [2.05, 4.69) is 58.2 Å². The van der Waals surface area contributed by atoms with Crippen LogP contribution in [-0.4, -0.2) is 22.1 Å². The summed E-state index contributed by atoms with van der Waals surface area (Å²) in [6.45, 7) is 4.13. The Balaban J connectivity index is 1.41. The predicted molar refractivity (Wildman–Crippen MR) is 81.6 cm³/mol. The van der Waals surface area contributed by atoms with E-state index in [4.69, 9.17) is 0 Å². The number of benzene rings is 1. The number of imidazole rings is 1. The summed E-state index contributed by atoms with van der Waals surface area (Å²) in [4.78, 5) is 4.62. The van der Waals surface area contributed by atoms with E-state index in [1.807, 2.05) is 0 Å². The quantitative estimate of drug-likeness (QED) is 0.863. The molecule has 0 radical (unpaired) electrons. The third-order valence-corrected chi connectivity index (χ3v) is 4.95. The first-order chi connectivity index (χ1) is 9.83. The zero-order valence-electron chi connectivity index (χ0n) is 11.9. The Morgan fingerprint density at radius 2 is 2.25 bits per heavy atom. The lowest BCUT2D eigenvalue weighted by Crippen LogP contribution is -2.48. The van der Waals surface area contributed by atoms with Gasteiger partial charge in [0.1, 0.15) is 5.82 Å². The zero-order valence-corrected chi connectivity index (χ0v) is 11.9. The molecule has 1 saturated carbocycles. The van der Waals surface area contributed by atoms with Crippen molar-refractivity contribution in [3.8, 4) is 0 Å². The van der Waals surface area contributed by atoms with Gasteiger partial charge in [-0.1, -0.05) is 24.3 Å². The molecule has 0 spiro atoms. The molecule has 4 rings (SSSR count). The van der Waals surface area contributed by atoms with Crippen LogP contribution in [0.25, 0.3) is 11.0 Å². The van der Waals surface area contributed by atoms with Gasteiger partial charge in [0.2, 0.25) is 0 Å². The number of aromatic nitrogens is 2. The fourth-order valence-corrected chi connectivity index (χ4v) is 3.79. The SMILES string of the molecule is Cc1nc2ccccc2n1CCNC1CC2CC=CC21. The maximum Gasteiger partial charge on any atom is 0.106 e. The van der Waals surface area contributed by atoms with Crippen LogP contribution in [-0.2, 0) is 6.54 Å². The molecule has 0 aliphatic heterocycles. The van der Waals surface area contributed by atoms with Crippen molar-refractivity contribution in [3.63, 3.8) is 0 Å². The molecule has 1 aromatic heterocycles. The number of nitrogens with zero attached hydrogens (tertiary/aromatic N) is 2. The van der Waals surface area contributed by atoms with Crippen molar-refractivity contribution in [2.24, 2.45) is 11.8 Å². The van der Waals surface area contributed by atoms with Crippen LogP contribution in [0.1, 0.15) is 18.7 Å². The molecule has 0 bridgehead atoms. The number of aryl methyl sites for hydroxylation is 1. The highest BCUT2D eigenvalue weighted by molar-refractivity contribution is 5.75. The van der Waals surface area contributed by atoms with Crippen molar-refractivity contribution in [1.29, 1.82) is 0 Å². The number of para-hydroxylation sites is 2. The normalized spacial score (nSPS) is 27.8. The summed E-state index contributed by atoms with van der Waals surface area (Å²) in [5.41, 5.74) is 2.35. The molecule has 3 heteroatoms. The van der Waals surface area contributed by atoms with E-state index >= 15 is 0 Å². The van der Waals surface area contributed by atoms with Crippen LogP contribution in [0.15, 0.2) is 36.4 Å². The van der Waals surface area contributed by atoms with Crippen LogP contribution >= 0.6 is 0 Å². The molecule has 3 unspecified atom stereocenters. The van der Waals surface area contributed by atoms with E-state index < -0.39 is 0 Å². The minimum atomic E-state index is 0.703. The minimum absolute atomic E-state index is 0.703. The fraction of sp³-hybridized carbons (Fsp3) is 0.471. The number of nitrogens with one attached hydrogen (secondary N) is 1. The maximum atomic E-state index is 4.62. The maximum absolute atomic E-state index is 4.62. The fourth-order valence-electron chi connectivity index (χ4n) is 3.79. The molecular weight excluding hydrogens is 246 g/mol. The third-order valence-electron chi connectivity index (χ3n) is 4.95. The number of rotatable bonds is 4. The first kappa shape index (κ1) is 12.2. The Bertz CT molecular complexity index is 655. The number of hydrogen-bond acceptors (Lipinski definition) is 2. The third kappa shape index (κ3) is 1.88. The molecule has 2 aliphatic carbocycles. The second-order valence-electron chi connectivity index (χ2n) is 6.10. The lowest BCUT2D eigenvalue weighted by Gasteiger charge is -2.40. The van der Waals surface area contributed by atoms with Crippen molar-refractivity contribution in [2.75, 3.05) is 6.54 Å². The van der Waals surface area contributed by atoms with Gasteiger partial charge >= 0.3 is 0 Å². The largest absolute Gasteiger partial charge is 0.327 e. The van der Waals surface area contributed by atoms with Crippen LogP contribution in [0.5, 0.6) is 0 Å². The molecule has 3 atom stereocenters. The molecule has 104 valence electrons. The Labute approximate surface area is 119 Å². The van der Waals surface area contributed by atoms with E-state index in [1.165, 1.54) is 18.4 Å². The lowest BCUT2D eigenvalue weighted by molar-refractivity contribution is 0.163. The second kappa shape index (κ2) is 4.74. The average Bonchev–Trinajstić information content (AvgIpc) is 2.95. The van der Waals surface area contributed by atoms with Crippen LogP contribution < -0.4 is 5.32 Å². The molecule has 0 amide bonds. The molecule has 0 saturated heterocycles. The van der Waals surface area contributed by atoms with Crippen molar-refractivity contribution >= 4 is 11.0 Å². The summed E-state index contributed by atoms with van der Waals surface area (Å²) >= 11 is 0. The molecule has 20 heavy (non-hydrogen) atoms. The molecular formula is C17H21N3. The van der Waals surface area contributed by atoms with Crippen molar-refractivity contribution in [1.82, 2.24) is 14.9 Å². The summed E-state index contributed by atoms with van der Waals surface area (Å²) in [5.74, 6) is 2.85. The Morgan fingerprint density at radius 1 is 1.35 bits per heavy atom. The van der Waals surface area contributed by atoms with Gasteiger partial charge in [-0.25, -0.2) is 4.98 Å². The standard InChI is InChI=1S/C17H21N3/c1-12-19-15-7-2-3-8-17(15)20(12)10-9-18-16-11-13-5-4-6-14(13)16/h2-4,6-8,13-14,16,18H,5,9-11H2,1H3. The van der Waals surface area contributed by atoms with Crippen LogP contribution in [0, 0.1) is 18.8 Å². The molecule has 1 aromatic carbocycles. The van der Waals surface area contributed by atoms with Gasteiger partial charge in [0.25, 0.3) is 0 Å². The number of fused-ring (bicyclic) bond motifs is 2. The molecule has 2 aromatic rings. The Morgan fingerprint density at radius 3 is 3.15 bits per heavy atom. The van der Waals surface area contributed by atoms with E-state index in [9.17, 15) is 0 Å². The van der Waals surface area contributed by atoms with Crippen molar-refractivity contribution in [3.05, 3.63) is 42.2 Å². The first-order valence-corrected chi connectivity index (χ1v) is 7.65. The Hall–Kier alpha value is -1.61. The van der Waals surface area contributed by atoms with Crippen molar-refractivity contribution < 1.29 is 0 Å². The summed E-state index contributed by atoms with van der Waals surface area (Å²) in [6.07, 6.45) is 7.41. The van der Waals surface area contributed by atoms with Gasteiger partial charge in [-0.2, -0.15) is 0 Å². The monoisotopic (exact) mass is 267 g/mol. The van der Waals surface area contributed by atoms with Gasteiger partial charge in [0.15, 0.2) is 0 Å². The van der Waals surface area contributed by atoms with Gasteiger partial charge in [0.05, 0.1) is 11.0 Å². The summed E-state index contributed by atoms with van der Waals surface area (Å²) in [5, 5.41) is 3.72. The smallest absolute Gasteiger partial charge is 0.106 e. The molecule has 2 aliphatic rings. The zero-order chi connectivity index (χ0) is 13.5. The second-order valence-corrected chi connectivity index (χ2v) is 6.10. The van der Waals surface area contributed by atoms with E-state index in [1.54, 1.807) is 0 Å². The van der Waals surface area contributed by atoms with Gasteiger partial charge in [-0.15, -0.1) is 0 Å². The van der Waals surface area contributed by atoms with Gasteiger partial charge < -0.3 is 9.88 Å². The van der Waals surface area contributed by atoms with Crippen LogP contribution in [0.4, 0.5) is 0 Å². The number of allylic oxidation sites excluding steroid dienone is 1. The lowest BCUT2D eigenvalue weighted by atomic mass is 9.71.